The zero-order valence-corrected chi connectivity index (χ0v) is 7.69. The van der Waals surface area contributed by atoms with Crippen LogP contribution in [0.15, 0.2) is 0 Å². The molecule has 3 nitrogen and oxygen atoms in total. The fraction of sp³-hybridized carbons (Fsp3) is 0.875. The van der Waals surface area contributed by atoms with Gasteiger partial charge in [-0.3, -0.25) is 5.32 Å². The molecule has 2 atom stereocenters. The summed E-state index contributed by atoms with van der Waals surface area (Å²) in [6.45, 7) is 0.757. The number of hydrogen-bond donors (Lipinski definition) is 1. The van der Waals surface area contributed by atoms with E-state index in [2.05, 4.69) is 5.32 Å². The number of nitrogens with zero attached hydrogens (tertiary/aromatic N) is 1. The summed E-state index contributed by atoms with van der Waals surface area (Å²) in [6, 6.07) is 1.86. The van der Waals surface area contributed by atoms with Gasteiger partial charge in [0.05, 0.1) is 18.7 Å². The van der Waals surface area contributed by atoms with E-state index in [1.54, 1.807) is 6.92 Å². The fourth-order valence-corrected chi connectivity index (χ4v) is 1.42. The van der Waals surface area contributed by atoms with Crippen molar-refractivity contribution in [3.05, 3.63) is 0 Å². The molecule has 1 aliphatic heterocycles. The molecule has 1 N–H and O–H groups in total. The molecule has 80 valence electrons. The second-order valence-electron chi connectivity index (χ2n) is 3.31. The van der Waals surface area contributed by atoms with Crippen molar-refractivity contribution in [2.75, 3.05) is 13.2 Å². The highest BCUT2D eigenvalue weighted by Crippen LogP contribution is 2.26. The lowest BCUT2D eigenvalue weighted by Crippen LogP contribution is -2.52. The van der Waals surface area contributed by atoms with Gasteiger partial charge < -0.3 is 4.74 Å². The van der Waals surface area contributed by atoms with Gasteiger partial charge in [-0.2, -0.15) is 18.4 Å². The van der Waals surface area contributed by atoms with Gasteiger partial charge in [-0.1, -0.05) is 0 Å². The van der Waals surface area contributed by atoms with E-state index in [1.807, 2.05) is 6.07 Å². The molecule has 14 heavy (non-hydrogen) atoms. The number of ether oxygens (including phenoxy) is 1. The summed E-state index contributed by atoms with van der Waals surface area (Å²) < 4.78 is 40.9. The lowest BCUT2D eigenvalue weighted by molar-refractivity contribution is -0.128. The second kappa shape index (κ2) is 3.75. The first-order valence-electron chi connectivity index (χ1n) is 4.24. The average Bonchev–Trinajstić information content (AvgIpc) is 2.43. The normalized spacial score (nSPS) is 32.9. The van der Waals surface area contributed by atoms with E-state index >= 15 is 0 Å². The molecule has 0 aromatic heterocycles. The number of nitrogens with one attached hydrogen (secondary N) is 1. The van der Waals surface area contributed by atoms with E-state index in [-0.39, 0.29) is 0 Å². The standard InChI is InChI=1S/C8H11F3N2O/c1-6-7(4-12,2-3-14-6)13-5-8(9,10)11/h6,13H,2-3,5H2,1H3. The molecule has 0 bridgehead atoms. The smallest absolute Gasteiger partial charge is 0.375 e. The lowest BCUT2D eigenvalue weighted by Gasteiger charge is -2.26. The van der Waals surface area contributed by atoms with Crippen LogP contribution in [0.1, 0.15) is 13.3 Å². The van der Waals surface area contributed by atoms with Gasteiger partial charge in [0.25, 0.3) is 0 Å². The summed E-state index contributed by atoms with van der Waals surface area (Å²) in [6.07, 6.45) is -4.51. The number of hydrogen-bond acceptors (Lipinski definition) is 3. The minimum atomic E-state index is -4.30. The Hall–Kier alpha value is -0.800. The number of halogens is 3. The maximum absolute atomic E-state index is 11.9. The lowest BCUT2D eigenvalue weighted by atomic mass is 9.94. The SMILES string of the molecule is CC1OCCC1(C#N)NCC(F)(F)F. The number of rotatable bonds is 2. The third-order valence-corrected chi connectivity index (χ3v) is 2.36. The predicted octanol–water partition coefficient (Wildman–Crippen LogP) is 1.21. The van der Waals surface area contributed by atoms with E-state index < -0.39 is 24.4 Å². The Morgan fingerprint density at radius 2 is 2.29 bits per heavy atom. The first kappa shape index (κ1) is 11.3. The van der Waals surface area contributed by atoms with Crippen LogP contribution < -0.4 is 5.32 Å². The van der Waals surface area contributed by atoms with E-state index in [1.165, 1.54) is 0 Å². The Labute approximate surface area is 79.8 Å². The van der Waals surface area contributed by atoms with E-state index in [4.69, 9.17) is 10.00 Å². The first-order valence-corrected chi connectivity index (χ1v) is 4.24. The van der Waals surface area contributed by atoms with Crippen LogP contribution in [0.3, 0.4) is 0 Å². The molecular formula is C8H11F3N2O. The Balaban J connectivity index is 2.60. The van der Waals surface area contributed by atoms with Crippen molar-refractivity contribution >= 4 is 0 Å². The molecule has 0 radical (unpaired) electrons. The number of nitriles is 1. The van der Waals surface area contributed by atoms with Crippen molar-refractivity contribution in [3.8, 4) is 6.07 Å². The summed E-state index contributed by atoms with van der Waals surface area (Å²) in [7, 11) is 0. The Morgan fingerprint density at radius 3 is 2.64 bits per heavy atom. The molecule has 0 spiro atoms. The fourth-order valence-electron chi connectivity index (χ4n) is 1.42. The molecule has 2 unspecified atom stereocenters. The van der Waals surface area contributed by atoms with Gasteiger partial charge in [0, 0.05) is 13.0 Å². The Kier molecular flexibility index (Phi) is 3.02. The zero-order valence-electron chi connectivity index (χ0n) is 7.69. The van der Waals surface area contributed by atoms with Crippen molar-refractivity contribution in [1.82, 2.24) is 5.32 Å². The summed E-state index contributed by atoms with van der Waals surface area (Å²) >= 11 is 0. The predicted molar refractivity (Wildman–Crippen MR) is 42.4 cm³/mol. The molecule has 6 heteroatoms. The summed E-state index contributed by atoms with van der Waals surface area (Å²) in [5, 5.41) is 11.0. The molecule has 1 rings (SSSR count). The highest BCUT2D eigenvalue weighted by Gasteiger charge is 2.44. The van der Waals surface area contributed by atoms with Crippen LogP contribution in [0, 0.1) is 11.3 Å². The molecular weight excluding hydrogens is 197 g/mol. The molecule has 0 amide bonds. The van der Waals surface area contributed by atoms with Gasteiger partial charge in [0.15, 0.2) is 0 Å². The highest BCUT2D eigenvalue weighted by molar-refractivity contribution is 5.13. The van der Waals surface area contributed by atoms with Crippen LogP contribution in [-0.2, 0) is 4.74 Å². The van der Waals surface area contributed by atoms with Gasteiger partial charge >= 0.3 is 6.18 Å². The van der Waals surface area contributed by atoms with Crippen LogP contribution in [0.4, 0.5) is 13.2 Å². The molecule has 0 aliphatic carbocycles. The van der Waals surface area contributed by atoms with Crippen LogP contribution in [0.5, 0.6) is 0 Å². The summed E-state index contributed by atoms with van der Waals surface area (Å²) in [4.78, 5) is 0. The Morgan fingerprint density at radius 1 is 1.64 bits per heavy atom. The van der Waals surface area contributed by atoms with Crippen LogP contribution in [0.2, 0.25) is 0 Å². The van der Waals surface area contributed by atoms with E-state index in [0.29, 0.717) is 13.0 Å². The van der Waals surface area contributed by atoms with Gasteiger partial charge in [0.1, 0.15) is 5.54 Å². The van der Waals surface area contributed by atoms with Gasteiger partial charge in [-0.05, 0) is 6.92 Å². The molecule has 0 aromatic carbocycles. The summed E-state index contributed by atoms with van der Waals surface area (Å²) in [5.74, 6) is 0. The third kappa shape index (κ3) is 2.36. The van der Waals surface area contributed by atoms with E-state index in [9.17, 15) is 13.2 Å². The van der Waals surface area contributed by atoms with Crippen molar-refractivity contribution in [3.63, 3.8) is 0 Å². The average molecular weight is 208 g/mol. The molecule has 1 aliphatic rings. The van der Waals surface area contributed by atoms with Crippen molar-refractivity contribution in [2.45, 2.75) is 31.2 Å². The second-order valence-corrected chi connectivity index (χ2v) is 3.31. The largest absolute Gasteiger partial charge is 0.401 e. The van der Waals surface area contributed by atoms with Gasteiger partial charge in [-0.25, -0.2) is 0 Å². The van der Waals surface area contributed by atoms with Gasteiger partial charge in [0.2, 0.25) is 0 Å². The first-order chi connectivity index (χ1) is 6.40. The third-order valence-electron chi connectivity index (χ3n) is 2.36. The van der Waals surface area contributed by atoms with E-state index in [0.717, 1.165) is 0 Å². The molecule has 0 saturated carbocycles. The Bertz CT molecular complexity index is 248. The molecule has 0 aromatic rings. The zero-order chi connectivity index (χ0) is 10.8. The monoisotopic (exact) mass is 208 g/mol. The summed E-state index contributed by atoms with van der Waals surface area (Å²) in [5.41, 5.74) is -1.18. The van der Waals surface area contributed by atoms with Crippen molar-refractivity contribution in [2.24, 2.45) is 0 Å². The maximum Gasteiger partial charge on any atom is 0.401 e. The highest BCUT2D eigenvalue weighted by atomic mass is 19.4. The molecule has 1 saturated heterocycles. The molecule has 1 heterocycles. The van der Waals surface area contributed by atoms with Crippen LogP contribution >= 0.6 is 0 Å². The quantitative estimate of drug-likeness (QED) is 0.741. The van der Waals surface area contributed by atoms with Crippen LogP contribution in [0.25, 0.3) is 0 Å². The minimum Gasteiger partial charge on any atom is -0.375 e. The van der Waals surface area contributed by atoms with Crippen molar-refractivity contribution in [1.29, 1.82) is 5.26 Å². The van der Waals surface area contributed by atoms with Crippen molar-refractivity contribution < 1.29 is 17.9 Å². The van der Waals surface area contributed by atoms with Gasteiger partial charge in [-0.15, -0.1) is 0 Å². The van der Waals surface area contributed by atoms with Crippen LogP contribution in [-0.4, -0.2) is 31.0 Å². The maximum atomic E-state index is 11.9. The molecule has 1 fully saturated rings. The number of alkyl halides is 3. The topological polar surface area (TPSA) is 45.0 Å². The minimum absolute atomic E-state index is 0.292.